The SMILES string of the molecule is C=CCn1c([C@H]2COc3ccccc3O2)nn(C[NH+](C)Cc2ccccc2C)c1=S. The molecular weight excluding hydrogens is 396 g/mol. The maximum absolute atomic E-state index is 6.18. The monoisotopic (exact) mass is 423 g/mol. The van der Waals surface area contributed by atoms with E-state index in [2.05, 4.69) is 44.8 Å². The summed E-state index contributed by atoms with van der Waals surface area (Å²) < 4.78 is 16.6. The third-order valence-electron chi connectivity index (χ3n) is 5.23. The Hall–Kier alpha value is -2.90. The average Bonchev–Trinajstić information content (AvgIpc) is 3.05. The second-order valence-electron chi connectivity index (χ2n) is 7.62. The molecule has 30 heavy (non-hydrogen) atoms. The number of ether oxygens (including phenoxy) is 2. The molecule has 6 nitrogen and oxygen atoms in total. The molecule has 2 heterocycles. The molecule has 4 rings (SSSR count). The number of benzene rings is 2. The van der Waals surface area contributed by atoms with Crippen molar-refractivity contribution in [2.24, 2.45) is 0 Å². The molecule has 1 unspecified atom stereocenters. The van der Waals surface area contributed by atoms with Gasteiger partial charge in [0.2, 0.25) is 4.77 Å². The van der Waals surface area contributed by atoms with Crippen LogP contribution in [0.2, 0.25) is 0 Å². The van der Waals surface area contributed by atoms with Gasteiger partial charge in [0.15, 0.2) is 30.1 Å². The smallest absolute Gasteiger partial charge is 0.203 e. The topological polar surface area (TPSA) is 45.6 Å². The maximum atomic E-state index is 6.18. The highest BCUT2D eigenvalue weighted by Gasteiger charge is 2.28. The Morgan fingerprint density at radius 2 is 1.93 bits per heavy atom. The Morgan fingerprint density at radius 3 is 2.70 bits per heavy atom. The summed E-state index contributed by atoms with van der Waals surface area (Å²) in [5.41, 5.74) is 2.62. The van der Waals surface area contributed by atoms with Crippen molar-refractivity contribution in [2.45, 2.75) is 32.8 Å². The summed E-state index contributed by atoms with van der Waals surface area (Å²) in [4.78, 5) is 1.29. The predicted octanol–water partition coefficient (Wildman–Crippen LogP) is 3.09. The molecule has 2 atom stereocenters. The van der Waals surface area contributed by atoms with E-state index in [0.717, 1.165) is 23.9 Å². The summed E-state index contributed by atoms with van der Waals surface area (Å²) in [6, 6.07) is 16.1. The normalized spacial score (nSPS) is 16.3. The molecule has 0 amide bonds. The number of aromatic nitrogens is 3. The Labute approximate surface area is 182 Å². The first-order valence-electron chi connectivity index (χ1n) is 10.1. The van der Waals surface area contributed by atoms with Crippen LogP contribution in [-0.4, -0.2) is 28.0 Å². The molecule has 7 heteroatoms. The second kappa shape index (κ2) is 8.85. The Kier molecular flexibility index (Phi) is 6.01. The van der Waals surface area contributed by atoms with Gasteiger partial charge in [-0.05, 0) is 36.8 Å². The zero-order chi connectivity index (χ0) is 21.1. The molecule has 0 saturated heterocycles. The van der Waals surface area contributed by atoms with Crippen molar-refractivity contribution in [1.29, 1.82) is 0 Å². The fourth-order valence-corrected chi connectivity index (χ4v) is 3.97. The second-order valence-corrected chi connectivity index (χ2v) is 7.99. The lowest BCUT2D eigenvalue weighted by Gasteiger charge is -2.25. The zero-order valence-corrected chi connectivity index (χ0v) is 18.2. The van der Waals surface area contributed by atoms with Gasteiger partial charge in [0.05, 0.1) is 7.05 Å². The minimum Gasteiger partial charge on any atom is -0.485 e. The van der Waals surface area contributed by atoms with Crippen LogP contribution in [0.1, 0.15) is 23.1 Å². The highest BCUT2D eigenvalue weighted by atomic mass is 32.1. The van der Waals surface area contributed by atoms with E-state index >= 15 is 0 Å². The fraction of sp³-hybridized carbons (Fsp3) is 0.304. The van der Waals surface area contributed by atoms with Crippen LogP contribution in [0.15, 0.2) is 61.2 Å². The zero-order valence-electron chi connectivity index (χ0n) is 17.4. The van der Waals surface area contributed by atoms with E-state index in [1.807, 2.05) is 39.6 Å². The van der Waals surface area contributed by atoms with Crippen LogP contribution in [0.3, 0.4) is 0 Å². The van der Waals surface area contributed by atoms with E-state index in [1.165, 1.54) is 16.0 Å². The van der Waals surface area contributed by atoms with Crippen LogP contribution in [0, 0.1) is 11.7 Å². The van der Waals surface area contributed by atoms with Crippen molar-refractivity contribution in [3.8, 4) is 11.5 Å². The van der Waals surface area contributed by atoms with Gasteiger partial charge in [-0.1, -0.05) is 42.5 Å². The minimum atomic E-state index is -0.320. The van der Waals surface area contributed by atoms with Crippen molar-refractivity contribution in [3.63, 3.8) is 0 Å². The number of hydrogen-bond donors (Lipinski definition) is 1. The van der Waals surface area contributed by atoms with Gasteiger partial charge in [0.1, 0.15) is 13.2 Å². The van der Waals surface area contributed by atoms with Crippen molar-refractivity contribution < 1.29 is 14.4 Å². The number of para-hydroxylation sites is 2. The molecule has 1 aliphatic heterocycles. The number of nitrogens with zero attached hydrogens (tertiary/aromatic N) is 3. The Morgan fingerprint density at radius 1 is 1.20 bits per heavy atom. The van der Waals surface area contributed by atoms with Gasteiger partial charge >= 0.3 is 0 Å². The molecule has 3 aromatic rings. The summed E-state index contributed by atoms with van der Waals surface area (Å²) >= 11 is 5.74. The van der Waals surface area contributed by atoms with E-state index in [1.54, 1.807) is 0 Å². The summed E-state index contributed by atoms with van der Waals surface area (Å²) in [7, 11) is 2.15. The molecule has 2 aromatic carbocycles. The fourth-order valence-electron chi connectivity index (χ4n) is 3.69. The van der Waals surface area contributed by atoms with E-state index < -0.39 is 0 Å². The van der Waals surface area contributed by atoms with Gasteiger partial charge in [-0.15, -0.1) is 11.7 Å². The van der Waals surface area contributed by atoms with E-state index in [4.69, 9.17) is 26.8 Å². The molecule has 1 aliphatic rings. The summed E-state index contributed by atoms with van der Waals surface area (Å²) in [5, 5.41) is 4.83. The van der Waals surface area contributed by atoms with Crippen LogP contribution < -0.4 is 14.4 Å². The average molecular weight is 424 g/mol. The number of fused-ring (bicyclic) bond motifs is 1. The van der Waals surface area contributed by atoms with E-state index in [-0.39, 0.29) is 6.10 Å². The van der Waals surface area contributed by atoms with Crippen LogP contribution in [0.5, 0.6) is 11.5 Å². The molecule has 0 aliphatic carbocycles. The van der Waals surface area contributed by atoms with Crippen LogP contribution in [0.25, 0.3) is 0 Å². The lowest BCUT2D eigenvalue weighted by molar-refractivity contribution is -0.917. The third-order valence-corrected chi connectivity index (χ3v) is 5.66. The maximum Gasteiger partial charge on any atom is 0.203 e. The van der Waals surface area contributed by atoms with Gasteiger partial charge in [-0.3, -0.25) is 4.57 Å². The highest BCUT2D eigenvalue weighted by molar-refractivity contribution is 7.71. The van der Waals surface area contributed by atoms with Gasteiger partial charge in [-0.2, -0.15) is 4.68 Å². The van der Waals surface area contributed by atoms with Crippen LogP contribution in [-0.2, 0) is 19.8 Å². The number of rotatable bonds is 7. The van der Waals surface area contributed by atoms with Crippen molar-refractivity contribution in [1.82, 2.24) is 14.3 Å². The Balaban J connectivity index is 1.57. The highest BCUT2D eigenvalue weighted by Crippen LogP contribution is 2.35. The molecule has 0 bridgehead atoms. The number of nitrogens with one attached hydrogen (secondary N) is 1. The molecule has 1 aromatic heterocycles. The van der Waals surface area contributed by atoms with Crippen LogP contribution in [0.4, 0.5) is 0 Å². The molecule has 0 fully saturated rings. The molecule has 1 N–H and O–H groups in total. The van der Waals surface area contributed by atoms with Gasteiger partial charge < -0.3 is 14.4 Å². The first kappa shape index (κ1) is 20.4. The third kappa shape index (κ3) is 4.17. The van der Waals surface area contributed by atoms with Gasteiger partial charge in [0, 0.05) is 12.1 Å². The number of aryl methyl sites for hydroxylation is 1. The largest absolute Gasteiger partial charge is 0.485 e. The number of allylic oxidation sites excluding steroid dienone is 1. The molecular formula is C23H27N4O2S+. The van der Waals surface area contributed by atoms with Crippen molar-refractivity contribution in [3.05, 3.63) is 82.9 Å². The van der Waals surface area contributed by atoms with Crippen LogP contribution >= 0.6 is 12.2 Å². The predicted molar refractivity (Wildman–Crippen MR) is 118 cm³/mol. The molecule has 0 spiro atoms. The van der Waals surface area contributed by atoms with Crippen molar-refractivity contribution >= 4 is 12.2 Å². The lowest BCUT2D eigenvalue weighted by atomic mass is 10.1. The molecule has 0 radical (unpaired) electrons. The van der Waals surface area contributed by atoms with Gasteiger partial charge in [0.25, 0.3) is 0 Å². The summed E-state index contributed by atoms with van der Waals surface area (Å²) in [6.45, 7) is 8.54. The number of hydrogen-bond acceptors (Lipinski definition) is 4. The standard InChI is InChI=1S/C23H26N4O2S/c1-4-13-26-22(21-15-28-19-11-7-8-12-20(19)29-21)24-27(23(26)30)16-25(3)14-18-10-6-5-9-17(18)2/h4-12,21H,1,13-16H2,2-3H3/p+1/t21-/m1/s1. The van der Waals surface area contributed by atoms with E-state index in [0.29, 0.717) is 24.6 Å². The lowest BCUT2D eigenvalue weighted by Crippen LogP contribution is -3.07. The summed E-state index contributed by atoms with van der Waals surface area (Å²) in [6.07, 6.45) is 1.51. The van der Waals surface area contributed by atoms with E-state index in [9.17, 15) is 0 Å². The first-order valence-corrected chi connectivity index (χ1v) is 10.5. The number of quaternary nitrogens is 1. The minimum absolute atomic E-state index is 0.320. The Bertz CT molecular complexity index is 1100. The molecule has 0 saturated carbocycles. The molecule has 156 valence electrons. The van der Waals surface area contributed by atoms with Gasteiger partial charge in [-0.25, -0.2) is 0 Å². The quantitative estimate of drug-likeness (QED) is 0.469. The van der Waals surface area contributed by atoms with Crippen molar-refractivity contribution in [2.75, 3.05) is 13.7 Å². The summed E-state index contributed by atoms with van der Waals surface area (Å²) in [5.74, 6) is 2.24. The first-order chi connectivity index (χ1) is 14.6.